The molecule has 5 unspecified atom stereocenters. The Morgan fingerprint density at radius 1 is 1.07 bits per heavy atom. The highest BCUT2D eigenvalue weighted by molar-refractivity contribution is 6.20. The number of aryl methyl sites for hydroxylation is 1. The molecule has 1 saturated carbocycles. The van der Waals surface area contributed by atoms with Crippen LogP contribution in [0.3, 0.4) is 0 Å². The van der Waals surface area contributed by atoms with Crippen molar-refractivity contribution < 1.29 is 4.74 Å². The summed E-state index contributed by atoms with van der Waals surface area (Å²) < 4.78 is 5.92. The highest BCUT2D eigenvalue weighted by Crippen LogP contribution is 2.46. The lowest BCUT2D eigenvalue weighted by molar-refractivity contribution is -0.00649. The molecular weight excluding hydrogens is 532 g/mol. The van der Waals surface area contributed by atoms with E-state index >= 15 is 0 Å². The first kappa shape index (κ1) is 29.2. The largest absolute Gasteiger partial charge is 0.381 e. The van der Waals surface area contributed by atoms with Gasteiger partial charge in [0, 0.05) is 74.3 Å². The maximum atomic E-state index is 6.87. The summed E-state index contributed by atoms with van der Waals surface area (Å²) >= 11 is 6.87. The summed E-state index contributed by atoms with van der Waals surface area (Å²) in [5.74, 6) is 3.63. The van der Waals surface area contributed by atoms with Gasteiger partial charge in [0.1, 0.15) is 17.1 Å². The molecule has 0 amide bonds. The van der Waals surface area contributed by atoms with Gasteiger partial charge in [0.2, 0.25) is 0 Å². The van der Waals surface area contributed by atoms with Crippen LogP contribution in [0, 0.1) is 24.2 Å². The average Bonchev–Trinajstić information content (AvgIpc) is 3.32. The fraction of sp³-hybridized carbons (Fsp3) is 0.697. The minimum Gasteiger partial charge on any atom is -0.381 e. The van der Waals surface area contributed by atoms with E-state index in [0.717, 1.165) is 63.5 Å². The van der Waals surface area contributed by atoms with Crippen LogP contribution in [0.1, 0.15) is 93.9 Å². The van der Waals surface area contributed by atoms with Crippen LogP contribution in [-0.4, -0.2) is 54.4 Å². The van der Waals surface area contributed by atoms with Gasteiger partial charge in [0.15, 0.2) is 0 Å². The van der Waals surface area contributed by atoms with E-state index in [0.29, 0.717) is 17.9 Å². The van der Waals surface area contributed by atoms with E-state index in [1.807, 2.05) is 7.11 Å². The Morgan fingerprint density at radius 3 is 2.61 bits per heavy atom. The van der Waals surface area contributed by atoms with Gasteiger partial charge in [-0.05, 0) is 55.2 Å². The molecule has 224 valence electrons. The van der Waals surface area contributed by atoms with Crippen molar-refractivity contribution >= 4 is 23.1 Å². The zero-order valence-corrected chi connectivity index (χ0v) is 26.8. The fourth-order valence-corrected chi connectivity index (χ4v) is 8.42. The number of rotatable bonds is 5. The number of nitrogens with one attached hydrogen (secondary N) is 2. The second-order valence-corrected chi connectivity index (χ2v) is 14.6. The topological polar surface area (TPSA) is 65.5 Å². The van der Waals surface area contributed by atoms with Crippen molar-refractivity contribution in [3.05, 3.63) is 46.4 Å². The molecule has 1 aliphatic carbocycles. The van der Waals surface area contributed by atoms with Crippen LogP contribution in [0.25, 0.3) is 0 Å². The Hall–Kier alpha value is -1.93. The molecule has 1 aromatic carbocycles. The van der Waals surface area contributed by atoms with Gasteiger partial charge in [-0.2, -0.15) is 0 Å². The van der Waals surface area contributed by atoms with E-state index < -0.39 is 0 Å². The number of hydrogen-bond acceptors (Lipinski definition) is 7. The second-order valence-electron chi connectivity index (χ2n) is 14.1. The molecule has 2 saturated heterocycles. The quantitative estimate of drug-likeness (QED) is 0.337. The zero-order chi connectivity index (χ0) is 29.1. The molecule has 0 radical (unpaired) electrons. The van der Waals surface area contributed by atoms with Crippen LogP contribution < -0.4 is 20.7 Å². The lowest BCUT2D eigenvalue weighted by atomic mass is 9.70. The third-order valence-electron chi connectivity index (χ3n) is 10.5. The van der Waals surface area contributed by atoms with Crippen LogP contribution in [0.4, 0.5) is 11.5 Å². The highest BCUT2D eigenvalue weighted by atomic mass is 35.5. The molecule has 3 aliphatic heterocycles. The molecule has 0 spiro atoms. The number of alkyl halides is 1. The zero-order valence-electron chi connectivity index (χ0n) is 26.0. The third kappa shape index (κ3) is 5.37. The first-order chi connectivity index (χ1) is 19.6. The van der Waals surface area contributed by atoms with Crippen molar-refractivity contribution in [2.24, 2.45) is 17.3 Å². The van der Waals surface area contributed by atoms with Gasteiger partial charge in [0.05, 0.1) is 11.8 Å². The molecule has 0 bridgehead atoms. The number of halogens is 1. The van der Waals surface area contributed by atoms with Crippen molar-refractivity contribution in [2.75, 3.05) is 36.5 Å². The van der Waals surface area contributed by atoms with E-state index in [9.17, 15) is 0 Å². The van der Waals surface area contributed by atoms with Gasteiger partial charge < -0.3 is 14.5 Å². The maximum Gasteiger partial charge on any atom is 0.137 e. The molecule has 1 aromatic heterocycles. The van der Waals surface area contributed by atoms with Crippen LogP contribution >= 0.6 is 11.6 Å². The molecule has 6 rings (SSSR count). The van der Waals surface area contributed by atoms with Gasteiger partial charge >= 0.3 is 0 Å². The summed E-state index contributed by atoms with van der Waals surface area (Å²) in [6.45, 7) is 17.5. The number of hydrazine groups is 1. The van der Waals surface area contributed by atoms with Gasteiger partial charge in [-0.1, -0.05) is 46.8 Å². The minimum absolute atomic E-state index is 0.0330. The Balaban J connectivity index is 1.42. The smallest absolute Gasteiger partial charge is 0.137 e. The van der Waals surface area contributed by atoms with Gasteiger partial charge in [-0.25, -0.2) is 15.4 Å². The number of anilines is 2. The number of piperidine rings is 1. The van der Waals surface area contributed by atoms with Crippen molar-refractivity contribution in [1.29, 1.82) is 0 Å². The number of fused-ring (bicyclic) bond motifs is 2. The monoisotopic (exact) mass is 580 g/mol. The molecule has 4 aliphatic rings. The summed E-state index contributed by atoms with van der Waals surface area (Å²) in [5.41, 5.74) is 13.3. The van der Waals surface area contributed by atoms with E-state index in [1.54, 1.807) is 0 Å². The lowest BCUT2D eigenvalue weighted by Gasteiger charge is -2.45. The average molecular weight is 581 g/mol. The van der Waals surface area contributed by atoms with E-state index in [-0.39, 0.29) is 28.9 Å². The number of nitrogens with zero attached hydrogens (tertiary/aromatic N) is 4. The first-order valence-electron chi connectivity index (χ1n) is 15.8. The summed E-state index contributed by atoms with van der Waals surface area (Å²) in [7, 11) is 1.85. The van der Waals surface area contributed by atoms with Crippen molar-refractivity contribution in [3.8, 4) is 0 Å². The number of hydrogen-bond donors (Lipinski definition) is 2. The molecule has 6 atom stereocenters. The van der Waals surface area contributed by atoms with E-state index in [2.05, 4.69) is 80.4 Å². The number of aromatic nitrogens is 2. The maximum absolute atomic E-state index is 6.87. The molecule has 4 heterocycles. The van der Waals surface area contributed by atoms with Crippen molar-refractivity contribution in [2.45, 2.75) is 103 Å². The lowest BCUT2D eigenvalue weighted by Crippen LogP contribution is -2.50. The molecule has 41 heavy (non-hydrogen) atoms. The number of ether oxygens (including phenoxy) is 1. The predicted molar refractivity (Wildman–Crippen MR) is 168 cm³/mol. The Bertz CT molecular complexity index is 1270. The Labute approximate surface area is 251 Å². The summed E-state index contributed by atoms with van der Waals surface area (Å²) in [5, 5.41) is 0. The van der Waals surface area contributed by atoms with Crippen molar-refractivity contribution in [1.82, 2.24) is 20.8 Å². The van der Waals surface area contributed by atoms with Crippen LogP contribution in [0.5, 0.6) is 0 Å². The summed E-state index contributed by atoms with van der Waals surface area (Å²) in [6.07, 6.45) is 4.47. The third-order valence-corrected chi connectivity index (χ3v) is 10.9. The fourth-order valence-electron chi connectivity index (χ4n) is 8.02. The molecule has 7 nitrogen and oxygen atoms in total. The van der Waals surface area contributed by atoms with Gasteiger partial charge in [0.25, 0.3) is 0 Å². The minimum atomic E-state index is -0.112. The second kappa shape index (κ2) is 11.3. The van der Waals surface area contributed by atoms with Crippen LogP contribution in [0.2, 0.25) is 0 Å². The van der Waals surface area contributed by atoms with E-state index in [4.69, 9.17) is 26.3 Å². The standard InChI is InChI=1S/C33H49ClN6O/c1-19(2)22-10-8-20(3)26(16-22)39-14-12-24-23(17-39)32(40-15-13-27(41-7)33(5,6)18-40)36-31(35-24)28-21(4)9-11-25-29(28)30(34)38-37-25/h8,10,16,19,21,25,27-30,37-38H,9,11-15,17-18H2,1-7H3/t21?,25?,27-,28?,29?,30?/m0/s1. The predicted octanol–water partition coefficient (Wildman–Crippen LogP) is 5.89. The molecule has 2 aromatic rings. The van der Waals surface area contributed by atoms with Crippen LogP contribution in [-0.2, 0) is 17.7 Å². The highest BCUT2D eigenvalue weighted by Gasteiger charge is 2.48. The Morgan fingerprint density at radius 2 is 1.88 bits per heavy atom. The van der Waals surface area contributed by atoms with Crippen molar-refractivity contribution in [3.63, 3.8) is 0 Å². The normalized spacial score (nSPS) is 31.3. The van der Waals surface area contributed by atoms with E-state index in [1.165, 1.54) is 28.1 Å². The number of benzene rings is 1. The van der Waals surface area contributed by atoms with Crippen LogP contribution in [0.15, 0.2) is 18.2 Å². The molecule has 3 fully saturated rings. The molecule has 2 N–H and O–H groups in total. The molecular formula is C33H49ClN6O. The van der Waals surface area contributed by atoms with Gasteiger partial charge in [-0.3, -0.25) is 5.43 Å². The Kier molecular flexibility index (Phi) is 8.03. The number of methoxy groups -OCH3 is 1. The first-order valence-corrected chi connectivity index (χ1v) is 16.2. The molecule has 8 heteroatoms. The van der Waals surface area contributed by atoms with Gasteiger partial charge in [-0.15, -0.1) is 11.6 Å². The SMILES string of the molecule is CO[C@H]1CCN(c2nc(C3C(C)CCC4NNC(Cl)C43)nc3c2CN(c2cc(C(C)C)ccc2C)CC3)CC1(C)C. The summed E-state index contributed by atoms with van der Waals surface area (Å²) in [4.78, 5) is 16.0. The summed E-state index contributed by atoms with van der Waals surface area (Å²) in [6, 6.07) is 7.33.